The van der Waals surface area contributed by atoms with E-state index >= 15 is 0 Å². The van der Waals surface area contributed by atoms with E-state index in [1.807, 2.05) is 0 Å². The van der Waals surface area contributed by atoms with E-state index in [4.69, 9.17) is 4.74 Å². The van der Waals surface area contributed by atoms with Crippen LogP contribution < -0.4 is 10.6 Å². The van der Waals surface area contributed by atoms with Crippen LogP contribution in [0.3, 0.4) is 0 Å². The first kappa shape index (κ1) is 22.1. The number of anilines is 1. The van der Waals surface area contributed by atoms with Crippen LogP contribution >= 0.6 is 0 Å². The van der Waals surface area contributed by atoms with Crippen molar-refractivity contribution < 1.29 is 27.5 Å². The van der Waals surface area contributed by atoms with E-state index in [0.717, 1.165) is 17.7 Å². The first-order valence-electron chi connectivity index (χ1n) is 10.6. The molecule has 3 amide bonds. The predicted molar refractivity (Wildman–Crippen MR) is 112 cm³/mol. The van der Waals surface area contributed by atoms with E-state index in [1.165, 1.54) is 12.1 Å². The number of morpholine rings is 1. The molecule has 0 bridgehead atoms. The number of ether oxygens (including phenoxy) is 1. The highest BCUT2D eigenvalue weighted by Gasteiger charge is 2.42. The summed E-state index contributed by atoms with van der Waals surface area (Å²) in [7, 11) is 0. The molecule has 3 atom stereocenters. The van der Waals surface area contributed by atoms with Gasteiger partial charge in [0.2, 0.25) is 5.91 Å². The lowest BCUT2D eigenvalue weighted by molar-refractivity contribution is -0.140. The van der Waals surface area contributed by atoms with Crippen molar-refractivity contribution in [1.29, 1.82) is 0 Å². The normalized spacial score (nSPS) is 23.1. The molecule has 6 nitrogen and oxygen atoms in total. The minimum absolute atomic E-state index is 0.0167. The smallest absolute Gasteiger partial charge is 0.319 e. The fraction of sp³-hybridized carbons (Fsp3) is 0.391. The van der Waals surface area contributed by atoms with Crippen molar-refractivity contribution in [3.63, 3.8) is 0 Å². The van der Waals surface area contributed by atoms with E-state index in [2.05, 4.69) is 10.6 Å². The lowest BCUT2D eigenvalue weighted by atomic mass is 9.88. The number of amides is 3. The Kier molecular flexibility index (Phi) is 6.64. The summed E-state index contributed by atoms with van der Waals surface area (Å²) < 4.78 is 45.7. The summed E-state index contributed by atoms with van der Waals surface area (Å²) in [5, 5.41) is 5.17. The zero-order chi connectivity index (χ0) is 22.7. The zero-order valence-corrected chi connectivity index (χ0v) is 17.3. The van der Waals surface area contributed by atoms with E-state index in [9.17, 15) is 22.8 Å². The van der Waals surface area contributed by atoms with Crippen molar-refractivity contribution in [3.8, 4) is 0 Å². The molecule has 1 aliphatic heterocycles. The number of nitrogens with zero attached hydrogens (tertiary/aromatic N) is 1. The third-order valence-corrected chi connectivity index (χ3v) is 6.02. The average Bonchev–Trinajstić information content (AvgIpc) is 3.20. The predicted octanol–water partition coefficient (Wildman–Crippen LogP) is 3.65. The Morgan fingerprint density at radius 3 is 2.31 bits per heavy atom. The summed E-state index contributed by atoms with van der Waals surface area (Å²) in [6.45, 7) is 1.97. The molecule has 1 saturated heterocycles. The van der Waals surface area contributed by atoms with Crippen LogP contribution in [-0.2, 0) is 9.53 Å². The second-order valence-corrected chi connectivity index (χ2v) is 8.09. The van der Waals surface area contributed by atoms with Gasteiger partial charge in [0.05, 0.1) is 18.9 Å². The van der Waals surface area contributed by atoms with Gasteiger partial charge in [-0.1, -0.05) is 12.1 Å². The van der Waals surface area contributed by atoms with Gasteiger partial charge in [0.1, 0.15) is 17.5 Å². The summed E-state index contributed by atoms with van der Waals surface area (Å²) in [4.78, 5) is 27.4. The van der Waals surface area contributed by atoms with Gasteiger partial charge in [-0.05, 0) is 48.6 Å². The van der Waals surface area contributed by atoms with Crippen molar-refractivity contribution in [2.45, 2.75) is 24.8 Å². The number of hydrogen-bond donors (Lipinski definition) is 2. The molecule has 2 aromatic carbocycles. The minimum Gasteiger partial charge on any atom is -0.378 e. The molecule has 32 heavy (non-hydrogen) atoms. The lowest BCUT2D eigenvalue weighted by Gasteiger charge is -2.31. The topological polar surface area (TPSA) is 70.7 Å². The number of rotatable bonds is 4. The van der Waals surface area contributed by atoms with E-state index < -0.39 is 17.7 Å². The van der Waals surface area contributed by atoms with Gasteiger partial charge in [0.25, 0.3) is 0 Å². The first-order chi connectivity index (χ1) is 15.4. The highest BCUT2D eigenvalue weighted by atomic mass is 19.1. The molecule has 1 saturated carbocycles. The molecular weight excluding hydrogens is 423 g/mol. The third-order valence-electron chi connectivity index (χ3n) is 6.02. The molecule has 1 heterocycles. The van der Waals surface area contributed by atoms with Gasteiger partial charge >= 0.3 is 6.03 Å². The largest absolute Gasteiger partial charge is 0.378 e. The Balaban J connectivity index is 1.47. The van der Waals surface area contributed by atoms with Crippen LogP contribution in [-0.4, -0.2) is 49.2 Å². The molecule has 170 valence electrons. The molecule has 1 aliphatic carbocycles. The van der Waals surface area contributed by atoms with Crippen LogP contribution in [0.2, 0.25) is 0 Å². The number of hydrogen-bond acceptors (Lipinski definition) is 3. The van der Waals surface area contributed by atoms with E-state index in [-0.39, 0.29) is 35.3 Å². The lowest BCUT2D eigenvalue weighted by Crippen LogP contribution is -2.44. The summed E-state index contributed by atoms with van der Waals surface area (Å²) in [6.07, 6.45) is 0.878. The number of nitrogens with one attached hydrogen (secondary N) is 2. The molecular formula is C23H24F3N3O3. The maximum Gasteiger partial charge on any atom is 0.319 e. The fourth-order valence-corrected chi connectivity index (χ4v) is 4.46. The number of benzene rings is 2. The molecule has 2 aliphatic rings. The number of carbonyl (C=O) groups is 2. The summed E-state index contributed by atoms with van der Waals surface area (Å²) in [5.41, 5.74) is 0.685. The Hall–Kier alpha value is -3.07. The van der Waals surface area contributed by atoms with Crippen molar-refractivity contribution in [2.75, 3.05) is 31.6 Å². The van der Waals surface area contributed by atoms with Gasteiger partial charge in [-0.2, -0.15) is 0 Å². The van der Waals surface area contributed by atoms with Crippen LogP contribution in [0.4, 0.5) is 23.7 Å². The molecule has 0 aromatic heterocycles. The van der Waals surface area contributed by atoms with Gasteiger partial charge in [0.15, 0.2) is 0 Å². The maximum absolute atomic E-state index is 13.8. The summed E-state index contributed by atoms with van der Waals surface area (Å²) in [6, 6.07) is 7.94. The Bertz CT molecular complexity index is 980. The summed E-state index contributed by atoms with van der Waals surface area (Å²) in [5.74, 6) is -2.58. The summed E-state index contributed by atoms with van der Waals surface area (Å²) >= 11 is 0. The van der Waals surface area contributed by atoms with Gasteiger partial charge in [-0.3, -0.25) is 4.79 Å². The van der Waals surface area contributed by atoms with Gasteiger partial charge < -0.3 is 20.3 Å². The quantitative estimate of drug-likeness (QED) is 0.752. The Morgan fingerprint density at radius 1 is 0.938 bits per heavy atom. The molecule has 0 radical (unpaired) electrons. The zero-order valence-electron chi connectivity index (χ0n) is 17.3. The van der Waals surface area contributed by atoms with Crippen molar-refractivity contribution in [2.24, 2.45) is 5.92 Å². The minimum atomic E-state index is -0.879. The molecule has 2 fully saturated rings. The Morgan fingerprint density at radius 2 is 1.62 bits per heavy atom. The van der Waals surface area contributed by atoms with Crippen molar-refractivity contribution >= 4 is 17.6 Å². The van der Waals surface area contributed by atoms with E-state index in [1.54, 1.807) is 17.0 Å². The van der Waals surface area contributed by atoms with Gasteiger partial charge in [-0.25, -0.2) is 18.0 Å². The van der Waals surface area contributed by atoms with Gasteiger partial charge in [-0.15, -0.1) is 0 Å². The number of halogens is 3. The Labute approximate surface area is 183 Å². The molecule has 9 heteroatoms. The maximum atomic E-state index is 13.8. The van der Waals surface area contributed by atoms with Crippen LogP contribution in [0.5, 0.6) is 0 Å². The van der Waals surface area contributed by atoms with Crippen LogP contribution in [0.1, 0.15) is 24.3 Å². The van der Waals surface area contributed by atoms with Crippen molar-refractivity contribution in [1.82, 2.24) is 10.2 Å². The fourth-order valence-electron chi connectivity index (χ4n) is 4.46. The highest BCUT2D eigenvalue weighted by molar-refractivity contribution is 5.89. The molecule has 4 rings (SSSR count). The average molecular weight is 447 g/mol. The molecule has 2 N–H and O–H groups in total. The monoisotopic (exact) mass is 447 g/mol. The third kappa shape index (κ3) is 5.04. The van der Waals surface area contributed by atoms with Crippen molar-refractivity contribution in [3.05, 3.63) is 65.5 Å². The molecule has 0 spiro atoms. The first-order valence-corrected chi connectivity index (χ1v) is 10.6. The molecule has 2 aromatic rings. The van der Waals surface area contributed by atoms with Crippen LogP contribution in [0.25, 0.3) is 0 Å². The number of urea groups is 1. The van der Waals surface area contributed by atoms with Gasteiger partial charge in [0, 0.05) is 31.1 Å². The second-order valence-electron chi connectivity index (χ2n) is 8.09. The van der Waals surface area contributed by atoms with Crippen LogP contribution in [0, 0.1) is 23.4 Å². The molecule has 0 unspecified atom stereocenters. The van der Waals surface area contributed by atoms with E-state index in [0.29, 0.717) is 45.2 Å². The highest BCUT2D eigenvalue weighted by Crippen LogP contribution is 2.41. The second kappa shape index (κ2) is 9.60. The van der Waals surface area contributed by atoms with Crippen LogP contribution in [0.15, 0.2) is 42.5 Å². The standard InChI is InChI=1S/C23H24F3N3O3/c24-15-3-1-14(2-4-15)18-12-17(13-19(18)22(30)29-7-9-32-10-8-29)27-23(31)28-21-6-5-16(25)11-20(21)26/h1-6,11,17-19H,7-10,12-13H2,(H2,27,28,31)/t17-,18+,19-/m0/s1. The SMILES string of the molecule is O=C(Nc1ccc(F)cc1F)N[C@@H]1C[C@H](C(=O)N2CCOCC2)[C@@H](c2ccc(F)cc2)C1. The number of carbonyl (C=O) groups excluding carboxylic acids is 2.